The van der Waals surface area contributed by atoms with Crippen molar-refractivity contribution in [2.24, 2.45) is 5.92 Å². The van der Waals surface area contributed by atoms with Crippen LogP contribution in [0.25, 0.3) is 0 Å². The Labute approximate surface area is 72.4 Å². The Morgan fingerprint density at radius 2 is 2.33 bits per heavy atom. The van der Waals surface area contributed by atoms with Crippen LogP contribution in [0.3, 0.4) is 0 Å². The highest BCUT2D eigenvalue weighted by Gasteiger charge is 2.17. The molecule has 1 aromatic rings. The van der Waals surface area contributed by atoms with Gasteiger partial charge in [-0.2, -0.15) is 0 Å². The van der Waals surface area contributed by atoms with Crippen LogP contribution in [0.4, 0.5) is 4.39 Å². The van der Waals surface area contributed by atoms with E-state index in [2.05, 4.69) is 6.07 Å². The van der Waals surface area contributed by atoms with E-state index >= 15 is 0 Å². The van der Waals surface area contributed by atoms with Crippen molar-refractivity contribution in [3.05, 3.63) is 35.6 Å². The summed E-state index contributed by atoms with van der Waals surface area (Å²) in [6.45, 7) is 0. The van der Waals surface area contributed by atoms with Gasteiger partial charge in [0.25, 0.3) is 0 Å². The van der Waals surface area contributed by atoms with Gasteiger partial charge in [0.1, 0.15) is 5.82 Å². The van der Waals surface area contributed by atoms with Crippen molar-refractivity contribution in [1.82, 2.24) is 0 Å². The lowest BCUT2D eigenvalue weighted by Crippen LogP contribution is -2.13. The minimum atomic E-state index is -0.230. The summed E-state index contributed by atoms with van der Waals surface area (Å²) < 4.78 is 12.7. The van der Waals surface area contributed by atoms with E-state index in [1.54, 1.807) is 12.1 Å². The number of rotatable bonds is 2. The van der Waals surface area contributed by atoms with Crippen molar-refractivity contribution < 1.29 is 4.39 Å². The first-order chi connectivity index (χ1) is 5.84. The van der Waals surface area contributed by atoms with Crippen LogP contribution in [0.5, 0.6) is 0 Å². The van der Waals surface area contributed by atoms with Gasteiger partial charge in [0.15, 0.2) is 0 Å². The molecule has 1 heteroatoms. The van der Waals surface area contributed by atoms with Crippen molar-refractivity contribution in [2.45, 2.75) is 25.7 Å². The van der Waals surface area contributed by atoms with Crippen molar-refractivity contribution in [2.75, 3.05) is 0 Å². The van der Waals surface area contributed by atoms with Crippen LogP contribution < -0.4 is 0 Å². The summed E-state index contributed by atoms with van der Waals surface area (Å²) in [6, 6.07) is 7.74. The van der Waals surface area contributed by atoms with Crippen molar-refractivity contribution >= 4 is 0 Å². The van der Waals surface area contributed by atoms with Gasteiger partial charge in [-0.25, -0.2) is 4.39 Å². The van der Waals surface area contributed by atoms with Gasteiger partial charge in [0, 0.05) is 6.07 Å². The van der Waals surface area contributed by atoms with Gasteiger partial charge in [-0.15, -0.1) is 0 Å². The van der Waals surface area contributed by atoms with Gasteiger partial charge < -0.3 is 0 Å². The molecule has 1 fully saturated rings. The lowest BCUT2D eigenvalue weighted by atomic mass is 9.81. The predicted octanol–water partition coefficient (Wildman–Crippen LogP) is 2.97. The van der Waals surface area contributed by atoms with Gasteiger partial charge in [0.05, 0.1) is 0 Å². The summed E-state index contributed by atoms with van der Waals surface area (Å²) in [4.78, 5) is 0. The van der Waals surface area contributed by atoms with E-state index in [-0.39, 0.29) is 5.82 Å². The number of benzene rings is 1. The summed E-state index contributed by atoms with van der Waals surface area (Å²) in [5.74, 6) is 0.582. The van der Waals surface area contributed by atoms with E-state index < -0.39 is 0 Å². The molecule has 63 valence electrons. The molecule has 0 unspecified atom stereocenters. The Hall–Kier alpha value is -0.850. The van der Waals surface area contributed by atoms with Gasteiger partial charge in [-0.05, 0) is 24.0 Å². The van der Waals surface area contributed by atoms with Gasteiger partial charge in [0.2, 0.25) is 0 Å². The molecule has 0 aliphatic heterocycles. The van der Waals surface area contributed by atoms with E-state index in [0.29, 0.717) is 0 Å². The molecule has 1 radical (unpaired) electrons. The highest BCUT2D eigenvalue weighted by Crippen LogP contribution is 2.29. The normalized spacial score (nSPS) is 17.4. The summed E-state index contributed by atoms with van der Waals surface area (Å²) in [5, 5.41) is 0. The first kappa shape index (κ1) is 7.78. The van der Waals surface area contributed by atoms with Crippen LogP contribution in [0.15, 0.2) is 18.2 Å². The molecule has 1 saturated carbocycles. The topological polar surface area (TPSA) is 0 Å². The third-order valence-corrected chi connectivity index (χ3v) is 2.58. The summed E-state index contributed by atoms with van der Waals surface area (Å²) in [6.07, 6.45) is 5.04. The zero-order valence-electron chi connectivity index (χ0n) is 7.02. The number of hydrogen-bond donors (Lipinski definition) is 0. The van der Waals surface area contributed by atoms with Crippen LogP contribution in [-0.2, 0) is 6.42 Å². The van der Waals surface area contributed by atoms with Crippen molar-refractivity contribution in [3.8, 4) is 0 Å². The fourth-order valence-corrected chi connectivity index (χ4v) is 1.64. The molecule has 0 atom stereocenters. The Bertz CT molecular complexity index is 263. The number of halogens is 1. The highest BCUT2D eigenvalue weighted by atomic mass is 19.1. The fourth-order valence-electron chi connectivity index (χ4n) is 1.64. The third-order valence-electron chi connectivity index (χ3n) is 2.58. The van der Waals surface area contributed by atoms with Gasteiger partial charge in [-0.1, -0.05) is 31.4 Å². The molecule has 1 aliphatic rings. The molecule has 0 N–H and O–H groups in total. The van der Waals surface area contributed by atoms with Crippen LogP contribution in [-0.4, -0.2) is 0 Å². The fraction of sp³-hybridized carbons (Fsp3) is 0.455. The maximum absolute atomic E-state index is 12.7. The molecule has 0 heterocycles. The van der Waals surface area contributed by atoms with E-state index in [4.69, 9.17) is 0 Å². The largest absolute Gasteiger partial charge is 0.206 e. The van der Waals surface area contributed by atoms with Crippen LogP contribution in [0.2, 0.25) is 0 Å². The molecule has 1 aromatic carbocycles. The summed E-state index contributed by atoms with van der Waals surface area (Å²) in [7, 11) is 0. The second kappa shape index (κ2) is 3.26. The second-order valence-electron chi connectivity index (χ2n) is 3.55. The Morgan fingerprint density at radius 1 is 1.50 bits per heavy atom. The smallest absolute Gasteiger partial charge is 0.131 e. The Kier molecular flexibility index (Phi) is 2.11. The standard InChI is InChI=1S/C11H12F/c12-11-6-2-5-10(8-11)7-9-3-1-4-9/h2,5,8-9H,1,3-4,7H2. The molecule has 0 nitrogen and oxygen atoms in total. The summed E-state index contributed by atoms with van der Waals surface area (Å²) >= 11 is 0. The van der Waals surface area contributed by atoms with Crippen LogP contribution >= 0.6 is 0 Å². The van der Waals surface area contributed by atoms with E-state index in [0.717, 1.165) is 17.9 Å². The van der Waals surface area contributed by atoms with Gasteiger partial charge >= 0.3 is 0 Å². The van der Waals surface area contributed by atoms with Gasteiger partial charge in [-0.3, -0.25) is 0 Å². The number of hydrogen-bond acceptors (Lipinski definition) is 0. The first-order valence-electron chi connectivity index (χ1n) is 4.51. The Balaban J connectivity index is 2.02. The quantitative estimate of drug-likeness (QED) is 0.628. The molecular formula is C11H12F. The van der Waals surface area contributed by atoms with E-state index in [9.17, 15) is 4.39 Å². The predicted molar refractivity (Wildman–Crippen MR) is 46.3 cm³/mol. The van der Waals surface area contributed by atoms with Crippen LogP contribution in [0, 0.1) is 17.8 Å². The van der Waals surface area contributed by atoms with Crippen LogP contribution in [0.1, 0.15) is 24.8 Å². The molecular weight excluding hydrogens is 151 g/mol. The van der Waals surface area contributed by atoms with Crippen molar-refractivity contribution in [3.63, 3.8) is 0 Å². The lowest BCUT2D eigenvalue weighted by molar-refractivity contribution is 0.314. The average Bonchev–Trinajstić information content (AvgIpc) is 1.97. The highest BCUT2D eigenvalue weighted by molar-refractivity contribution is 5.16. The second-order valence-corrected chi connectivity index (χ2v) is 3.55. The summed E-state index contributed by atoms with van der Waals surface area (Å²) in [5.41, 5.74) is 1.12. The zero-order valence-corrected chi connectivity index (χ0v) is 7.02. The monoisotopic (exact) mass is 163 g/mol. The molecule has 1 aliphatic carbocycles. The third kappa shape index (κ3) is 1.66. The molecule has 0 bridgehead atoms. The molecule has 0 saturated heterocycles. The minimum absolute atomic E-state index is 0.230. The SMILES string of the molecule is Fc1[c]ccc(CC2CCC2)c1. The Morgan fingerprint density at radius 3 is 2.92 bits per heavy atom. The maximum atomic E-state index is 12.7. The molecule has 0 amide bonds. The van der Waals surface area contributed by atoms with Crippen molar-refractivity contribution in [1.29, 1.82) is 0 Å². The average molecular weight is 163 g/mol. The first-order valence-corrected chi connectivity index (χ1v) is 4.51. The molecule has 2 rings (SSSR count). The van der Waals surface area contributed by atoms with E-state index in [1.807, 2.05) is 6.07 Å². The minimum Gasteiger partial charge on any atom is -0.206 e. The van der Waals surface area contributed by atoms with E-state index in [1.165, 1.54) is 19.3 Å². The maximum Gasteiger partial charge on any atom is 0.131 e. The molecule has 12 heavy (non-hydrogen) atoms. The lowest BCUT2D eigenvalue weighted by Gasteiger charge is -2.25. The molecule has 0 aromatic heterocycles. The zero-order chi connectivity index (χ0) is 8.39. The molecule has 0 spiro atoms.